The van der Waals surface area contributed by atoms with E-state index in [9.17, 15) is 13.2 Å². The maximum atomic E-state index is 12.4. The molecule has 0 fully saturated rings. The number of hydrogen-bond acceptors (Lipinski definition) is 4. The van der Waals surface area contributed by atoms with Crippen molar-refractivity contribution in [3.05, 3.63) is 66.2 Å². The SMILES string of the molecule is CC(=O)OCC(NS(=O)(=O)c1ccccc1)c1ccccc1. The predicted molar refractivity (Wildman–Crippen MR) is 82.6 cm³/mol. The Labute approximate surface area is 130 Å². The monoisotopic (exact) mass is 319 g/mol. The van der Waals surface area contributed by atoms with Crippen molar-refractivity contribution in [2.45, 2.75) is 17.9 Å². The van der Waals surface area contributed by atoms with E-state index in [4.69, 9.17) is 4.74 Å². The van der Waals surface area contributed by atoms with Crippen LogP contribution in [0.15, 0.2) is 65.6 Å². The molecule has 0 saturated heterocycles. The molecule has 1 unspecified atom stereocenters. The summed E-state index contributed by atoms with van der Waals surface area (Å²) in [5.74, 6) is -0.458. The molecule has 2 rings (SSSR count). The molecular formula is C16H17NO4S. The van der Waals surface area contributed by atoms with Gasteiger partial charge in [-0.15, -0.1) is 0 Å². The Morgan fingerprint density at radius 2 is 1.59 bits per heavy atom. The van der Waals surface area contributed by atoms with E-state index < -0.39 is 22.0 Å². The van der Waals surface area contributed by atoms with Gasteiger partial charge in [0.05, 0.1) is 10.9 Å². The van der Waals surface area contributed by atoms with Crippen molar-refractivity contribution in [2.24, 2.45) is 0 Å². The van der Waals surface area contributed by atoms with Gasteiger partial charge in [0.25, 0.3) is 0 Å². The fourth-order valence-electron chi connectivity index (χ4n) is 1.94. The van der Waals surface area contributed by atoms with Gasteiger partial charge in [-0.2, -0.15) is 0 Å². The number of hydrogen-bond donors (Lipinski definition) is 1. The molecule has 0 saturated carbocycles. The second-order valence-electron chi connectivity index (χ2n) is 4.70. The van der Waals surface area contributed by atoms with E-state index in [-0.39, 0.29) is 11.5 Å². The van der Waals surface area contributed by atoms with Gasteiger partial charge in [0.1, 0.15) is 6.61 Å². The van der Waals surface area contributed by atoms with Crippen molar-refractivity contribution < 1.29 is 17.9 Å². The number of rotatable bonds is 6. The van der Waals surface area contributed by atoms with Crippen LogP contribution in [0.3, 0.4) is 0 Å². The first-order valence-electron chi connectivity index (χ1n) is 6.75. The third kappa shape index (κ3) is 4.41. The van der Waals surface area contributed by atoms with Gasteiger partial charge in [0.2, 0.25) is 10.0 Å². The Hall–Kier alpha value is -2.18. The highest BCUT2D eigenvalue weighted by molar-refractivity contribution is 7.89. The van der Waals surface area contributed by atoms with E-state index in [0.717, 1.165) is 5.56 Å². The summed E-state index contributed by atoms with van der Waals surface area (Å²) in [6, 6.07) is 16.4. The average molecular weight is 319 g/mol. The van der Waals surface area contributed by atoms with Crippen molar-refractivity contribution in [1.82, 2.24) is 4.72 Å². The molecule has 2 aromatic rings. The van der Waals surface area contributed by atoms with Crippen LogP contribution in [0.5, 0.6) is 0 Å². The van der Waals surface area contributed by atoms with E-state index in [1.807, 2.05) is 6.07 Å². The topological polar surface area (TPSA) is 72.5 Å². The summed E-state index contributed by atoms with van der Waals surface area (Å²) in [6.07, 6.45) is 0. The maximum Gasteiger partial charge on any atom is 0.302 e. The Balaban J connectivity index is 2.24. The number of carbonyl (C=O) groups excluding carboxylic acids is 1. The summed E-state index contributed by atoms with van der Waals surface area (Å²) in [7, 11) is -3.70. The van der Waals surface area contributed by atoms with Crippen LogP contribution in [0, 0.1) is 0 Å². The van der Waals surface area contributed by atoms with Crippen LogP contribution in [0.4, 0.5) is 0 Å². The largest absolute Gasteiger partial charge is 0.464 e. The zero-order chi connectivity index (χ0) is 16.0. The van der Waals surface area contributed by atoms with E-state index in [0.29, 0.717) is 0 Å². The lowest BCUT2D eigenvalue weighted by molar-refractivity contribution is -0.141. The van der Waals surface area contributed by atoms with Crippen LogP contribution in [0.25, 0.3) is 0 Å². The van der Waals surface area contributed by atoms with Crippen LogP contribution in [-0.4, -0.2) is 21.0 Å². The van der Waals surface area contributed by atoms with Gasteiger partial charge in [-0.05, 0) is 17.7 Å². The van der Waals surface area contributed by atoms with Gasteiger partial charge in [0.15, 0.2) is 0 Å². The van der Waals surface area contributed by atoms with Crippen molar-refractivity contribution in [2.75, 3.05) is 6.61 Å². The molecule has 0 bridgehead atoms. The molecule has 2 aromatic carbocycles. The first-order valence-corrected chi connectivity index (χ1v) is 8.23. The molecule has 0 aliphatic carbocycles. The first kappa shape index (κ1) is 16.2. The summed E-state index contributed by atoms with van der Waals surface area (Å²) >= 11 is 0. The molecule has 0 heterocycles. The molecule has 0 aromatic heterocycles. The molecule has 0 aliphatic heterocycles. The number of ether oxygens (including phenoxy) is 1. The van der Waals surface area contributed by atoms with E-state index in [1.54, 1.807) is 42.5 Å². The smallest absolute Gasteiger partial charge is 0.302 e. The summed E-state index contributed by atoms with van der Waals surface area (Å²) in [6.45, 7) is 1.22. The molecule has 0 radical (unpaired) electrons. The maximum absolute atomic E-state index is 12.4. The lowest BCUT2D eigenvalue weighted by Gasteiger charge is -2.19. The minimum absolute atomic E-state index is 0.0641. The highest BCUT2D eigenvalue weighted by Gasteiger charge is 2.22. The molecule has 116 valence electrons. The van der Waals surface area contributed by atoms with Gasteiger partial charge < -0.3 is 4.74 Å². The van der Waals surface area contributed by atoms with Gasteiger partial charge in [0, 0.05) is 6.92 Å². The Morgan fingerprint density at radius 3 is 2.14 bits per heavy atom. The fourth-order valence-corrected chi connectivity index (χ4v) is 3.17. The van der Waals surface area contributed by atoms with Crippen LogP contribution in [-0.2, 0) is 19.6 Å². The molecule has 22 heavy (non-hydrogen) atoms. The first-order chi connectivity index (χ1) is 10.5. The predicted octanol–water partition coefficient (Wildman–Crippen LogP) is 2.27. The number of benzene rings is 2. The van der Waals surface area contributed by atoms with Crippen molar-refractivity contribution >= 4 is 16.0 Å². The van der Waals surface area contributed by atoms with Crippen molar-refractivity contribution in [3.8, 4) is 0 Å². The minimum Gasteiger partial charge on any atom is -0.464 e. The van der Waals surface area contributed by atoms with Crippen LogP contribution in [0.2, 0.25) is 0 Å². The molecule has 0 amide bonds. The highest BCUT2D eigenvalue weighted by atomic mass is 32.2. The van der Waals surface area contributed by atoms with Gasteiger partial charge >= 0.3 is 5.97 Å². The molecule has 1 atom stereocenters. The Kier molecular flexibility index (Phi) is 5.30. The molecule has 0 spiro atoms. The second kappa shape index (κ2) is 7.20. The lowest BCUT2D eigenvalue weighted by atomic mass is 10.1. The van der Waals surface area contributed by atoms with Gasteiger partial charge in [-0.25, -0.2) is 13.1 Å². The highest BCUT2D eigenvalue weighted by Crippen LogP contribution is 2.17. The van der Waals surface area contributed by atoms with Gasteiger partial charge in [-0.1, -0.05) is 48.5 Å². The van der Waals surface area contributed by atoms with E-state index >= 15 is 0 Å². The van der Waals surface area contributed by atoms with Crippen molar-refractivity contribution in [1.29, 1.82) is 0 Å². The zero-order valence-corrected chi connectivity index (χ0v) is 12.9. The number of esters is 1. The molecular weight excluding hydrogens is 302 g/mol. The Bertz CT molecular complexity index is 714. The van der Waals surface area contributed by atoms with Crippen LogP contribution < -0.4 is 4.72 Å². The summed E-state index contributed by atoms with van der Waals surface area (Å²) in [4.78, 5) is 11.2. The van der Waals surface area contributed by atoms with E-state index in [2.05, 4.69) is 4.72 Å². The van der Waals surface area contributed by atoms with E-state index in [1.165, 1.54) is 19.1 Å². The summed E-state index contributed by atoms with van der Waals surface area (Å²) in [5, 5.41) is 0. The van der Waals surface area contributed by atoms with Gasteiger partial charge in [-0.3, -0.25) is 4.79 Å². The number of sulfonamides is 1. The minimum atomic E-state index is -3.70. The second-order valence-corrected chi connectivity index (χ2v) is 6.41. The zero-order valence-electron chi connectivity index (χ0n) is 12.1. The molecule has 5 nitrogen and oxygen atoms in total. The van der Waals surface area contributed by atoms with Crippen molar-refractivity contribution in [3.63, 3.8) is 0 Å². The molecule has 0 aliphatic rings. The lowest BCUT2D eigenvalue weighted by Crippen LogP contribution is -2.32. The average Bonchev–Trinajstić information content (AvgIpc) is 2.53. The summed E-state index contributed by atoms with van der Waals surface area (Å²) < 4.78 is 32.4. The number of nitrogens with one attached hydrogen (secondary N) is 1. The number of carbonyl (C=O) groups is 1. The third-order valence-electron chi connectivity index (χ3n) is 3.01. The van der Waals surface area contributed by atoms with Crippen LogP contribution >= 0.6 is 0 Å². The molecule has 1 N–H and O–H groups in total. The molecule has 6 heteroatoms. The fraction of sp³-hybridized carbons (Fsp3) is 0.188. The Morgan fingerprint density at radius 1 is 1.05 bits per heavy atom. The summed E-state index contributed by atoms with van der Waals surface area (Å²) in [5.41, 5.74) is 0.725. The normalized spacial score (nSPS) is 12.6. The quantitative estimate of drug-likeness (QED) is 0.829. The third-order valence-corrected chi connectivity index (χ3v) is 4.49. The standard InChI is InChI=1S/C16H17NO4S/c1-13(18)21-12-16(14-8-4-2-5-9-14)17-22(19,20)15-10-6-3-7-11-15/h2-11,16-17H,12H2,1H3. The van der Waals surface area contributed by atoms with Crippen LogP contribution in [0.1, 0.15) is 18.5 Å².